The molecule has 2 unspecified atom stereocenters. The molecule has 2 heterocycles. The first-order valence-corrected chi connectivity index (χ1v) is 7.78. The molecule has 0 bridgehead atoms. The predicted octanol–water partition coefficient (Wildman–Crippen LogP) is 2.94. The van der Waals surface area contributed by atoms with E-state index in [0.717, 1.165) is 11.3 Å². The highest BCUT2D eigenvalue weighted by molar-refractivity contribution is 8.06. The Morgan fingerprint density at radius 3 is 2.93 bits per heavy atom. The lowest BCUT2D eigenvalue weighted by molar-refractivity contribution is 0.181. The predicted molar refractivity (Wildman–Crippen MR) is 67.6 cm³/mol. The number of hydrogen-bond donors (Lipinski definition) is 1. The second-order valence-electron chi connectivity index (χ2n) is 3.42. The van der Waals surface area contributed by atoms with Crippen molar-refractivity contribution in [2.75, 3.05) is 17.3 Å². The van der Waals surface area contributed by atoms with Gasteiger partial charge in [-0.2, -0.15) is 23.5 Å². The number of thioether (sulfide) groups is 2. The third kappa shape index (κ3) is 2.48. The summed E-state index contributed by atoms with van der Waals surface area (Å²) in [6, 6.07) is 2.11. The Morgan fingerprint density at radius 2 is 2.36 bits per heavy atom. The molecule has 0 saturated carbocycles. The van der Waals surface area contributed by atoms with Gasteiger partial charge in [-0.05, 0) is 23.9 Å². The zero-order valence-corrected chi connectivity index (χ0v) is 10.6. The first-order valence-electron chi connectivity index (χ1n) is 4.70. The minimum Gasteiger partial charge on any atom is -0.387 e. The molecule has 1 saturated heterocycles. The molecule has 0 amide bonds. The van der Waals surface area contributed by atoms with Gasteiger partial charge in [0.15, 0.2) is 0 Å². The Bertz CT molecular complexity index is 291. The number of thiophene rings is 1. The van der Waals surface area contributed by atoms with E-state index >= 15 is 0 Å². The molecule has 0 radical (unpaired) electrons. The summed E-state index contributed by atoms with van der Waals surface area (Å²) in [5, 5.41) is 12.6. The second kappa shape index (κ2) is 4.92. The summed E-state index contributed by atoms with van der Waals surface area (Å²) in [6.07, 6.45) is -0.266. The van der Waals surface area contributed by atoms with Gasteiger partial charge in [0.2, 0.25) is 0 Å². The molecule has 2 atom stereocenters. The van der Waals surface area contributed by atoms with Crippen molar-refractivity contribution >= 4 is 34.9 Å². The highest BCUT2D eigenvalue weighted by Crippen LogP contribution is 2.34. The average molecular weight is 246 g/mol. The van der Waals surface area contributed by atoms with Gasteiger partial charge in [-0.1, -0.05) is 0 Å². The number of aliphatic hydroxyl groups is 1. The molecule has 1 aromatic heterocycles. The molecule has 1 fully saturated rings. The number of aliphatic hydroxyl groups excluding tert-OH is 1. The molecule has 0 aliphatic carbocycles. The lowest BCUT2D eigenvalue weighted by Crippen LogP contribution is -2.21. The topological polar surface area (TPSA) is 20.2 Å². The molecule has 1 N–H and O–H groups in total. The Balaban J connectivity index is 2.03. The van der Waals surface area contributed by atoms with Crippen LogP contribution in [0.15, 0.2) is 11.4 Å². The van der Waals surface area contributed by atoms with Crippen LogP contribution in [-0.4, -0.2) is 27.6 Å². The monoisotopic (exact) mass is 246 g/mol. The van der Waals surface area contributed by atoms with Gasteiger partial charge < -0.3 is 5.11 Å². The van der Waals surface area contributed by atoms with Crippen molar-refractivity contribution in [2.24, 2.45) is 0 Å². The minimum absolute atomic E-state index is 0.266. The van der Waals surface area contributed by atoms with Crippen molar-refractivity contribution < 1.29 is 5.11 Å². The number of rotatable bonds is 2. The average Bonchev–Trinajstić information content (AvgIpc) is 2.65. The minimum atomic E-state index is -0.266. The zero-order valence-electron chi connectivity index (χ0n) is 8.10. The van der Waals surface area contributed by atoms with E-state index in [9.17, 15) is 5.11 Å². The highest BCUT2D eigenvalue weighted by atomic mass is 32.2. The van der Waals surface area contributed by atoms with Crippen LogP contribution >= 0.6 is 34.9 Å². The van der Waals surface area contributed by atoms with E-state index in [4.69, 9.17) is 0 Å². The molecule has 1 nitrogen and oxygen atoms in total. The van der Waals surface area contributed by atoms with E-state index in [2.05, 4.69) is 18.4 Å². The van der Waals surface area contributed by atoms with E-state index in [1.165, 1.54) is 16.4 Å². The molecule has 1 aromatic rings. The fourth-order valence-electron chi connectivity index (χ4n) is 1.52. The van der Waals surface area contributed by atoms with Gasteiger partial charge in [-0.15, -0.1) is 11.3 Å². The Hall–Kier alpha value is 0.360. The molecule has 1 aliphatic rings. The van der Waals surface area contributed by atoms with Crippen LogP contribution in [0.4, 0.5) is 0 Å². The van der Waals surface area contributed by atoms with Gasteiger partial charge in [0, 0.05) is 27.4 Å². The van der Waals surface area contributed by atoms with Crippen LogP contribution in [0.5, 0.6) is 0 Å². The van der Waals surface area contributed by atoms with Crippen LogP contribution < -0.4 is 0 Å². The van der Waals surface area contributed by atoms with Crippen molar-refractivity contribution in [1.29, 1.82) is 0 Å². The van der Waals surface area contributed by atoms with Gasteiger partial charge >= 0.3 is 0 Å². The van der Waals surface area contributed by atoms with Gasteiger partial charge in [0.1, 0.15) is 0 Å². The fraction of sp³-hybridized carbons (Fsp3) is 0.600. The summed E-state index contributed by atoms with van der Waals surface area (Å²) < 4.78 is 0. The van der Waals surface area contributed by atoms with Crippen LogP contribution in [-0.2, 0) is 0 Å². The quantitative estimate of drug-likeness (QED) is 0.866. The molecule has 4 heteroatoms. The molecule has 2 rings (SSSR count). The van der Waals surface area contributed by atoms with Crippen LogP contribution in [0.25, 0.3) is 0 Å². The normalized spacial score (nSPS) is 24.9. The summed E-state index contributed by atoms with van der Waals surface area (Å²) >= 11 is 5.59. The van der Waals surface area contributed by atoms with Gasteiger partial charge in [-0.25, -0.2) is 0 Å². The molecule has 0 spiro atoms. The van der Waals surface area contributed by atoms with E-state index in [0.29, 0.717) is 5.25 Å². The largest absolute Gasteiger partial charge is 0.387 e. The maximum atomic E-state index is 10.1. The zero-order chi connectivity index (χ0) is 9.97. The van der Waals surface area contributed by atoms with Crippen molar-refractivity contribution in [1.82, 2.24) is 0 Å². The lowest BCUT2D eigenvalue weighted by Gasteiger charge is -2.25. The fourth-order valence-corrected chi connectivity index (χ4v) is 5.01. The SMILES string of the molecule is Cc1cc(C(O)C2CSCCS2)cs1. The van der Waals surface area contributed by atoms with Crippen molar-refractivity contribution in [3.05, 3.63) is 21.9 Å². The van der Waals surface area contributed by atoms with Crippen LogP contribution in [0, 0.1) is 6.92 Å². The van der Waals surface area contributed by atoms with E-state index in [-0.39, 0.29) is 6.10 Å². The highest BCUT2D eigenvalue weighted by Gasteiger charge is 2.24. The Morgan fingerprint density at radius 1 is 1.50 bits per heavy atom. The molecule has 1 aliphatic heterocycles. The van der Waals surface area contributed by atoms with Crippen molar-refractivity contribution in [2.45, 2.75) is 18.3 Å². The summed E-state index contributed by atoms with van der Waals surface area (Å²) in [4.78, 5) is 1.28. The first-order chi connectivity index (χ1) is 6.77. The standard InChI is InChI=1S/C10H14OS3/c1-7-4-8(5-14-7)10(11)9-6-12-2-3-13-9/h4-5,9-11H,2-3,6H2,1H3. The molecule has 14 heavy (non-hydrogen) atoms. The van der Waals surface area contributed by atoms with Crippen LogP contribution in [0.3, 0.4) is 0 Å². The van der Waals surface area contributed by atoms with Gasteiger partial charge in [-0.3, -0.25) is 0 Å². The smallest absolute Gasteiger partial charge is 0.0924 e. The maximum Gasteiger partial charge on any atom is 0.0924 e. The number of hydrogen-bond acceptors (Lipinski definition) is 4. The van der Waals surface area contributed by atoms with Crippen LogP contribution in [0.1, 0.15) is 16.5 Å². The summed E-state index contributed by atoms with van der Waals surface area (Å²) in [5.74, 6) is 3.49. The van der Waals surface area contributed by atoms with Crippen LogP contribution in [0.2, 0.25) is 0 Å². The van der Waals surface area contributed by atoms with E-state index in [1.54, 1.807) is 11.3 Å². The summed E-state index contributed by atoms with van der Waals surface area (Å²) in [7, 11) is 0. The Labute approximate surface area is 97.3 Å². The first kappa shape index (κ1) is 10.9. The summed E-state index contributed by atoms with van der Waals surface area (Å²) in [6.45, 7) is 2.09. The second-order valence-corrected chi connectivity index (χ2v) is 7.03. The van der Waals surface area contributed by atoms with Crippen molar-refractivity contribution in [3.63, 3.8) is 0 Å². The molecular weight excluding hydrogens is 232 g/mol. The summed E-state index contributed by atoms with van der Waals surface area (Å²) in [5.41, 5.74) is 1.10. The molecular formula is C10H14OS3. The van der Waals surface area contributed by atoms with Gasteiger partial charge in [0.25, 0.3) is 0 Å². The van der Waals surface area contributed by atoms with E-state index in [1.807, 2.05) is 23.5 Å². The number of aryl methyl sites for hydroxylation is 1. The third-order valence-electron chi connectivity index (χ3n) is 2.29. The van der Waals surface area contributed by atoms with E-state index < -0.39 is 0 Å². The van der Waals surface area contributed by atoms with Gasteiger partial charge in [0.05, 0.1) is 6.10 Å². The third-order valence-corrected chi connectivity index (χ3v) is 6.02. The molecule has 0 aromatic carbocycles. The Kier molecular flexibility index (Phi) is 3.82. The lowest BCUT2D eigenvalue weighted by atomic mass is 10.1. The maximum absolute atomic E-state index is 10.1. The molecule has 78 valence electrons. The van der Waals surface area contributed by atoms with Crippen molar-refractivity contribution in [3.8, 4) is 0 Å².